The maximum absolute atomic E-state index is 15.0. The minimum Gasteiger partial charge on any atom is -0.489 e. The van der Waals surface area contributed by atoms with Crippen molar-refractivity contribution in [1.29, 1.82) is 0 Å². The summed E-state index contributed by atoms with van der Waals surface area (Å²) in [5, 5.41) is 26.6. The van der Waals surface area contributed by atoms with E-state index in [1.165, 1.54) is 31.2 Å². The molecule has 1 saturated carbocycles. The number of aliphatic hydroxyl groups excluding tert-OH is 1. The van der Waals surface area contributed by atoms with Crippen molar-refractivity contribution in [3.63, 3.8) is 0 Å². The van der Waals surface area contributed by atoms with Crippen LogP contribution in [0.4, 0.5) is 17.6 Å². The number of hydrogen-bond acceptors (Lipinski definition) is 8. The minimum atomic E-state index is -5.38. The van der Waals surface area contributed by atoms with Crippen LogP contribution in [0.5, 0.6) is 11.5 Å². The normalized spacial score (nSPS) is 18.7. The summed E-state index contributed by atoms with van der Waals surface area (Å²) in [6.45, 7) is 2.48. The van der Waals surface area contributed by atoms with Crippen molar-refractivity contribution >= 4 is 22.7 Å². The number of ether oxygens (including phenoxy) is 2. The number of alkyl halides is 3. The van der Waals surface area contributed by atoms with Crippen LogP contribution in [0.3, 0.4) is 0 Å². The van der Waals surface area contributed by atoms with Crippen LogP contribution < -0.4 is 20.1 Å². The molecule has 0 unspecified atom stereocenters. The van der Waals surface area contributed by atoms with Gasteiger partial charge >= 0.3 is 6.18 Å². The Hall–Kier alpha value is -4.82. The van der Waals surface area contributed by atoms with Crippen LogP contribution in [0.25, 0.3) is 22.2 Å². The van der Waals surface area contributed by atoms with Crippen molar-refractivity contribution in [2.45, 2.75) is 62.4 Å². The molecule has 3 heterocycles. The third kappa shape index (κ3) is 6.49. The van der Waals surface area contributed by atoms with Gasteiger partial charge in [-0.2, -0.15) is 13.2 Å². The number of pyridine rings is 2. The van der Waals surface area contributed by atoms with E-state index in [4.69, 9.17) is 9.47 Å². The van der Waals surface area contributed by atoms with Gasteiger partial charge in [0.25, 0.3) is 5.91 Å². The van der Waals surface area contributed by atoms with Gasteiger partial charge in [0.1, 0.15) is 40.5 Å². The molecule has 1 aliphatic heterocycles. The average molecular weight is 683 g/mol. The number of fused-ring (bicyclic) bond motifs is 2. The zero-order valence-electron chi connectivity index (χ0n) is 26.8. The molecule has 0 bridgehead atoms. The Balaban J connectivity index is 1.41. The maximum atomic E-state index is 15.0. The van der Waals surface area contributed by atoms with Gasteiger partial charge < -0.3 is 30.3 Å². The van der Waals surface area contributed by atoms with E-state index in [1.54, 1.807) is 32.2 Å². The van der Waals surface area contributed by atoms with Crippen LogP contribution >= 0.6 is 0 Å². The second kappa shape index (κ2) is 12.3. The Morgan fingerprint density at radius 2 is 1.82 bits per heavy atom. The number of hydrogen-bond donors (Lipinski definition) is 4. The van der Waals surface area contributed by atoms with Gasteiger partial charge in [0.2, 0.25) is 11.5 Å². The average Bonchev–Trinajstić information content (AvgIpc) is 3.82. The van der Waals surface area contributed by atoms with Gasteiger partial charge in [0, 0.05) is 28.3 Å². The second-order valence-corrected chi connectivity index (χ2v) is 13.3. The first-order valence-corrected chi connectivity index (χ1v) is 15.6. The third-order valence-electron chi connectivity index (χ3n) is 8.69. The van der Waals surface area contributed by atoms with Gasteiger partial charge in [-0.1, -0.05) is 6.07 Å². The van der Waals surface area contributed by atoms with Gasteiger partial charge in [0.15, 0.2) is 0 Å². The monoisotopic (exact) mass is 682 g/mol. The maximum Gasteiger partial charge on any atom is 0.424 e. The van der Waals surface area contributed by atoms with E-state index >= 15 is 0 Å². The summed E-state index contributed by atoms with van der Waals surface area (Å²) in [5.74, 6) is -1.92. The van der Waals surface area contributed by atoms with Crippen molar-refractivity contribution in [1.82, 2.24) is 20.6 Å². The Labute approximate surface area is 278 Å². The van der Waals surface area contributed by atoms with Gasteiger partial charge in [-0.25, -0.2) is 9.37 Å². The van der Waals surface area contributed by atoms with Crippen molar-refractivity contribution in [2.24, 2.45) is 0 Å². The smallest absolute Gasteiger partial charge is 0.424 e. The fraction of sp³-hybridized carbons (Fsp3) is 0.371. The summed E-state index contributed by atoms with van der Waals surface area (Å²) in [7, 11) is 0. The highest BCUT2D eigenvalue weighted by atomic mass is 19.4. The Kier molecular flexibility index (Phi) is 8.52. The molecular formula is C35H34F4N4O6. The Morgan fingerprint density at radius 3 is 2.47 bits per heavy atom. The molecule has 258 valence electrons. The molecule has 2 aromatic heterocycles. The summed E-state index contributed by atoms with van der Waals surface area (Å²) in [6.07, 6.45) is -2.23. The Bertz CT molecular complexity index is 1930. The molecule has 6 rings (SSSR count). The molecule has 0 radical (unpaired) electrons. The van der Waals surface area contributed by atoms with Crippen LogP contribution in [0.2, 0.25) is 0 Å². The van der Waals surface area contributed by atoms with Gasteiger partial charge in [0.05, 0.1) is 30.5 Å². The van der Waals surface area contributed by atoms with E-state index in [0.29, 0.717) is 16.7 Å². The number of nitrogens with zero attached hydrogens (tertiary/aromatic N) is 2. The number of carbonyl (C=O) groups is 2. The zero-order chi connectivity index (χ0) is 35.4. The van der Waals surface area contributed by atoms with Crippen LogP contribution in [0.15, 0.2) is 60.8 Å². The molecule has 4 aromatic rings. The molecule has 2 atom stereocenters. The lowest BCUT2D eigenvalue weighted by atomic mass is 9.81. The number of aromatic nitrogens is 2. The molecule has 14 heteroatoms. The highest BCUT2D eigenvalue weighted by Gasteiger charge is 2.58. The van der Waals surface area contributed by atoms with Crippen LogP contribution in [0.1, 0.15) is 55.2 Å². The summed E-state index contributed by atoms with van der Waals surface area (Å²) in [4.78, 5) is 35.5. The first-order valence-electron chi connectivity index (χ1n) is 15.6. The van der Waals surface area contributed by atoms with Crippen LogP contribution in [-0.4, -0.2) is 69.6 Å². The zero-order valence-corrected chi connectivity index (χ0v) is 26.8. The summed E-state index contributed by atoms with van der Waals surface area (Å²) < 4.78 is 70.5. The number of nitrogens with one attached hydrogen (secondary N) is 2. The number of aliphatic hydroxyl groups is 2. The van der Waals surface area contributed by atoms with Crippen LogP contribution in [0, 0.1) is 5.82 Å². The fourth-order valence-corrected chi connectivity index (χ4v) is 5.46. The standard InChI is InChI=1S/C35H34F4N4O6/c1-32(2,17-44)43-31(46)33(3)18-48-29-24(33)15-26(42-28(29)19-6-8-22(36)9-7-19)34(47,35(37,38)39)16-41-30(45)21-13-20-5-4-12-40-27(20)25(14-21)49-23-10-11-23/h4-9,12-15,23,44,47H,10-11,16-18H2,1-3H3,(H,41,45)(H,43,46)/t33-,34-/m0/s1. The predicted octanol–water partition coefficient (Wildman–Crippen LogP) is 4.69. The van der Waals surface area contributed by atoms with Crippen molar-refractivity contribution in [3.8, 4) is 22.8 Å². The van der Waals surface area contributed by atoms with Crippen molar-refractivity contribution in [3.05, 3.63) is 83.4 Å². The first-order chi connectivity index (χ1) is 23.0. The van der Waals surface area contributed by atoms with Crippen molar-refractivity contribution in [2.75, 3.05) is 19.8 Å². The second-order valence-electron chi connectivity index (χ2n) is 13.3. The van der Waals surface area contributed by atoms with E-state index in [9.17, 15) is 37.4 Å². The third-order valence-corrected chi connectivity index (χ3v) is 8.69. The molecule has 0 saturated heterocycles. The molecule has 0 spiro atoms. The lowest BCUT2D eigenvalue weighted by Crippen LogP contribution is -2.54. The largest absolute Gasteiger partial charge is 0.489 e. The van der Waals surface area contributed by atoms with Crippen LogP contribution in [-0.2, 0) is 15.8 Å². The molecule has 2 aromatic carbocycles. The molecule has 1 fully saturated rings. The van der Waals surface area contributed by atoms with Crippen molar-refractivity contribution < 1.29 is 46.8 Å². The lowest BCUT2D eigenvalue weighted by molar-refractivity contribution is -0.265. The van der Waals surface area contributed by atoms with E-state index < -0.39 is 59.2 Å². The number of amides is 2. The van der Waals surface area contributed by atoms with Gasteiger partial charge in [-0.15, -0.1) is 0 Å². The van der Waals surface area contributed by atoms with Gasteiger partial charge in [-0.3, -0.25) is 14.6 Å². The quantitative estimate of drug-likeness (QED) is 0.177. The Morgan fingerprint density at radius 1 is 1.10 bits per heavy atom. The molecule has 10 nitrogen and oxygen atoms in total. The molecule has 2 amide bonds. The summed E-state index contributed by atoms with van der Waals surface area (Å²) >= 11 is 0. The summed E-state index contributed by atoms with van der Waals surface area (Å²) in [5.41, 5.74) is -6.94. The topological polar surface area (TPSA) is 143 Å². The molecule has 49 heavy (non-hydrogen) atoms. The van der Waals surface area contributed by atoms with E-state index in [0.717, 1.165) is 31.0 Å². The van der Waals surface area contributed by atoms with Gasteiger partial charge in [-0.05, 0) is 82.1 Å². The first kappa shape index (κ1) is 34.1. The predicted molar refractivity (Wildman–Crippen MR) is 169 cm³/mol. The molecule has 1 aliphatic carbocycles. The minimum absolute atomic E-state index is 0.0151. The number of carbonyl (C=O) groups excluding carboxylic acids is 2. The molecular weight excluding hydrogens is 648 g/mol. The number of halogens is 4. The molecule has 4 N–H and O–H groups in total. The van der Waals surface area contributed by atoms with E-state index in [-0.39, 0.29) is 40.8 Å². The van der Waals surface area contributed by atoms with E-state index in [2.05, 4.69) is 20.6 Å². The van der Waals surface area contributed by atoms with E-state index in [1.807, 2.05) is 0 Å². The SMILES string of the molecule is CC(C)(CO)NC(=O)[C@@]1(C)COc2c1cc([C@@](O)(CNC(=O)c1cc(OC3CC3)c3ncccc3c1)C(F)(F)F)nc2-c1ccc(F)cc1. The fourth-order valence-electron chi connectivity index (χ4n) is 5.46. The number of rotatable bonds is 10. The molecule has 2 aliphatic rings. The number of benzene rings is 2. The highest BCUT2D eigenvalue weighted by Crippen LogP contribution is 2.48. The highest BCUT2D eigenvalue weighted by molar-refractivity contribution is 6.00. The lowest BCUT2D eigenvalue weighted by Gasteiger charge is -2.32. The summed E-state index contributed by atoms with van der Waals surface area (Å²) in [6, 6.07) is 11.8.